The lowest BCUT2D eigenvalue weighted by molar-refractivity contribution is -0.128. The van der Waals surface area contributed by atoms with E-state index in [1.165, 1.54) is 12.1 Å². The number of hydrogen-bond acceptors (Lipinski definition) is 5. The fraction of sp³-hybridized carbons (Fsp3) is 0.267. The third-order valence-corrected chi connectivity index (χ3v) is 6.09. The van der Waals surface area contributed by atoms with Gasteiger partial charge in [-0.15, -0.1) is 0 Å². The lowest BCUT2D eigenvalue weighted by Gasteiger charge is -2.27. The van der Waals surface area contributed by atoms with E-state index in [0.29, 0.717) is 12.0 Å². The minimum atomic E-state index is -0.774. The van der Waals surface area contributed by atoms with Gasteiger partial charge in [-0.1, -0.05) is 42.5 Å². The lowest BCUT2D eigenvalue weighted by Crippen LogP contribution is -2.43. The van der Waals surface area contributed by atoms with E-state index in [0.717, 1.165) is 9.80 Å². The molecule has 1 unspecified atom stereocenters. The number of benzene rings is 3. The quantitative estimate of drug-likeness (QED) is 0.402. The monoisotopic (exact) mass is 516 g/mol. The molecule has 1 saturated heterocycles. The van der Waals surface area contributed by atoms with Gasteiger partial charge in [0.15, 0.2) is 0 Å². The number of anilines is 1. The van der Waals surface area contributed by atoms with Crippen molar-refractivity contribution in [2.45, 2.75) is 51.7 Å². The maximum absolute atomic E-state index is 15.6. The Morgan fingerprint density at radius 3 is 1.97 bits per heavy atom. The third kappa shape index (κ3) is 5.96. The fourth-order valence-electron chi connectivity index (χ4n) is 4.36. The van der Waals surface area contributed by atoms with Crippen molar-refractivity contribution in [1.29, 1.82) is 0 Å². The zero-order chi connectivity index (χ0) is 27.4. The summed E-state index contributed by atoms with van der Waals surface area (Å²) in [5.74, 6) is -2.44. The van der Waals surface area contributed by atoms with Gasteiger partial charge in [-0.05, 0) is 75.6 Å². The first kappa shape index (κ1) is 26.7. The van der Waals surface area contributed by atoms with E-state index >= 15 is 4.39 Å². The summed E-state index contributed by atoms with van der Waals surface area (Å²) in [5, 5.41) is 0. The molecule has 1 aliphatic rings. The van der Waals surface area contributed by atoms with E-state index in [2.05, 4.69) is 0 Å². The largest absolute Gasteiger partial charge is 0.443 e. The molecule has 1 aliphatic heterocycles. The van der Waals surface area contributed by atoms with Crippen molar-refractivity contribution in [3.05, 3.63) is 101 Å². The molecule has 0 aliphatic carbocycles. The third-order valence-electron chi connectivity index (χ3n) is 6.09. The number of carbonyl (C=O) groups is 4. The van der Waals surface area contributed by atoms with E-state index in [-0.39, 0.29) is 35.6 Å². The predicted molar refractivity (Wildman–Crippen MR) is 140 cm³/mol. The second-order valence-corrected chi connectivity index (χ2v) is 10.1. The number of halogens is 1. The van der Waals surface area contributed by atoms with Crippen LogP contribution in [-0.2, 0) is 16.0 Å². The molecule has 38 heavy (non-hydrogen) atoms. The van der Waals surface area contributed by atoms with E-state index in [1.54, 1.807) is 87.5 Å². The first-order chi connectivity index (χ1) is 18.0. The van der Waals surface area contributed by atoms with Crippen LogP contribution in [0, 0.1) is 5.82 Å². The molecule has 0 radical (unpaired) electrons. The van der Waals surface area contributed by atoms with Gasteiger partial charge in [0.2, 0.25) is 5.91 Å². The molecule has 196 valence electrons. The van der Waals surface area contributed by atoms with Crippen LogP contribution in [0.1, 0.15) is 59.9 Å². The van der Waals surface area contributed by atoms with Gasteiger partial charge in [0, 0.05) is 23.6 Å². The zero-order valence-corrected chi connectivity index (χ0v) is 21.5. The van der Waals surface area contributed by atoms with Crippen molar-refractivity contribution in [2.75, 3.05) is 4.90 Å². The van der Waals surface area contributed by atoms with Crippen LogP contribution in [0.5, 0.6) is 0 Å². The van der Waals surface area contributed by atoms with Crippen molar-refractivity contribution >= 4 is 29.5 Å². The first-order valence-corrected chi connectivity index (χ1v) is 12.4. The van der Waals surface area contributed by atoms with Crippen molar-refractivity contribution in [1.82, 2.24) is 4.90 Å². The molecule has 3 aromatic rings. The molecule has 1 heterocycles. The fourth-order valence-corrected chi connectivity index (χ4v) is 4.36. The second-order valence-electron chi connectivity index (χ2n) is 10.1. The average Bonchev–Trinajstić information content (AvgIpc) is 3.25. The van der Waals surface area contributed by atoms with E-state index < -0.39 is 35.4 Å². The van der Waals surface area contributed by atoms with Gasteiger partial charge in [-0.25, -0.2) is 19.0 Å². The summed E-state index contributed by atoms with van der Waals surface area (Å²) in [6.07, 6.45) is 0.0961. The number of hydrogen-bond donors (Lipinski definition) is 0. The number of rotatable bonds is 5. The molecular weight excluding hydrogens is 487 g/mol. The van der Waals surface area contributed by atoms with Crippen LogP contribution in [0.3, 0.4) is 0 Å². The number of carbonyl (C=O) groups excluding carboxylic acids is 4. The van der Waals surface area contributed by atoms with Gasteiger partial charge in [0.25, 0.3) is 11.8 Å². The maximum Gasteiger partial charge on any atom is 0.417 e. The Labute approximate surface area is 220 Å². The van der Waals surface area contributed by atoms with Crippen LogP contribution in [0.25, 0.3) is 0 Å². The summed E-state index contributed by atoms with van der Waals surface area (Å²) >= 11 is 0. The minimum absolute atomic E-state index is 0.190. The number of ether oxygens (including phenoxy) is 1. The topological polar surface area (TPSA) is 84.0 Å². The first-order valence-electron chi connectivity index (χ1n) is 12.4. The van der Waals surface area contributed by atoms with Crippen LogP contribution >= 0.6 is 0 Å². The highest BCUT2D eigenvalue weighted by molar-refractivity contribution is 6.25. The number of nitrogens with zero attached hydrogens (tertiary/aromatic N) is 2. The highest BCUT2D eigenvalue weighted by atomic mass is 19.1. The molecular formula is C30H29FN2O5. The van der Waals surface area contributed by atoms with Crippen molar-refractivity contribution < 1.29 is 28.3 Å². The SMILES string of the molecule is CC(C)(C)OC(=O)N1C(=O)CCC1Cc1ccc(N(C(=O)c2ccccc2)C(=O)c2ccccc2)c(F)c1. The standard InChI is InChI=1S/C30H29FN2O5/c1-30(2,3)38-29(37)32-23(15-17-26(32)34)18-20-14-16-25(24(31)19-20)33(27(35)21-10-6-4-7-11-21)28(36)22-12-8-5-9-13-22/h4-14,16,19,23H,15,17-18H2,1-3H3. The van der Waals surface area contributed by atoms with Gasteiger partial charge in [0.1, 0.15) is 11.4 Å². The second kappa shape index (κ2) is 11.0. The normalized spacial score (nSPS) is 15.3. The van der Waals surface area contributed by atoms with Crippen molar-refractivity contribution in [2.24, 2.45) is 0 Å². The van der Waals surface area contributed by atoms with E-state index in [1.807, 2.05) is 0 Å². The van der Waals surface area contributed by atoms with E-state index in [4.69, 9.17) is 4.74 Å². The molecule has 1 fully saturated rings. The highest BCUT2D eigenvalue weighted by Gasteiger charge is 2.38. The van der Waals surface area contributed by atoms with Crippen LogP contribution in [-0.4, -0.2) is 40.4 Å². The summed E-state index contributed by atoms with van der Waals surface area (Å²) in [6.45, 7) is 5.15. The van der Waals surface area contributed by atoms with Crippen LogP contribution in [0.15, 0.2) is 78.9 Å². The Morgan fingerprint density at radius 1 is 0.921 bits per heavy atom. The van der Waals surface area contributed by atoms with E-state index in [9.17, 15) is 19.2 Å². The summed E-state index contributed by atoms with van der Waals surface area (Å²) in [7, 11) is 0. The Balaban J connectivity index is 1.63. The Kier molecular flexibility index (Phi) is 7.71. The average molecular weight is 517 g/mol. The number of amides is 4. The zero-order valence-electron chi connectivity index (χ0n) is 21.5. The highest BCUT2D eigenvalue weighted by Crippen LogP contribution is 2.29. The van der Waals surface area contributed by atoms with Gasteiger partial charge >= 0.3 is 6.09 Å². The van der Waals surface area contributed by atoms with Crippen LogP contribution in [0.4, 0.5) is 14.9 Å². The van der Waals surface area contributed by atoms with Crippen LogP contribution in [0.2, 0.25) is 0 Å². The molecule has 3 aromatic carbocycles. The molecule has 0 bridgehead atoms. The van der Waals surface area contributed by atoms with Gasteiger partial charge < -0.3 is 4.74 Å². The summed E-state index contributed by atoms with van der Waals surface area (Å²) < 4.78 is 20.9. The maximum atomic E-state index is 15.6. The molecule has 0 saturated carbocycles. The molecule has 4 rings (SSSR count). The smallest absolute Gasteiger partial charge is 0.417 e. The molecule has 1 atom stereocenters. The van der Waals surface area contributed by atoms with Crippen molar-refractivity contribution in [3.63, 3.8) is 0 Å². The molecule has 0 N–H and O–H groups in total. The predicted octanol–water partition coefficient (Wildman–Crippen LogP) is 5.78. The Bertz CT molecular complexity index is 1300. The molecule has 8 heteroatoms. The Hall–Kier alpha value is -4.33. The molecule has 7 nitrogen and oxygen atoms in total. The van der Waals surface area contributed by atoms with Crippen molar-refractivity contribution in [3.8, 4) is 0 Å². The Morgan fingerprint density at radius 2 is 1.47 bits per heavy atom. The number of likely N-dealkylation sites (tertiary alicyclic amines) is 1. The van der Waals surface area contributed by atoms with Gasteiger partial charge in [-0.3, -0.25) is 14.4 Å². The summed E-state index contributed by atoms with van der Waals surface area (Å²) in [5.41, 5.74) is 0.0235. The molecule has 0 aromatic heterocycles. The summed E-state index contributed by atoms with van der Waals surface area (Å²) in [6, 6.07) is 20.1. The minimum Gasteiger partial charge on any atom is -0.443 e. The molecule has 4 amide bonds. The summed E-state index contributed by atoms with van der Waals surface area (Å²) in [4.78, 5) is 53.7. The number of imide groups is 2. The van der Waals surface area contributed by atoms with Gasteiger partial charge in [0.05, 0.1) is 5.69 Å². The molecule has 0 spiro atoms. The van der Waals surface area contributed by atoms with Gasteiger partial charge in [-0.2, -0.15) is 0 Å². The van der Waals surface area contributed by atoms with Crippen LogP contribution < -0.4 is 4.90 Å². The lowest BCUT2D eigenvalue weighted by atomic mass is 10.0.